The molecule has 140 valence electrons. The molecule has 1 aromatic carbocycles. The molecular formula is C21H23N3OS2. The van der Waals surface area contributed by atoms with E-state index in [9.17, 15) is 4.79 Å². The van der Waals surface area contributed by atoms with Crippen molar-refractivity contribution >= 4 is 39.2 Å². The number of benzene rings is 1. The van der Waals surface area contributed by atoms with Crippen LogP contribution in [0.4, 0.5) is 0 Å². The Labute approximate surface area is 168 Å². The van der Waals surface area contributed by atoms with E-state index in [1.165, 1.54) is 17.5 Å². The quantitative estimate of drug-likeness (QED) is 0.451. The van der Waals surface area contributed by atoms with Gasteiger partial charge >= 0.3 is 0 Å². The molecule has 3 heterocycles. The lowest BCUT2D eigenvalue weighted by Gasteiger charge is -2.29. The molecule has 0 bridgehead atoms. The predicted molar refractivity (Wildman–Crippen MR) is 113 cm³/mol. The zero-order valence-corrected chi connectivity index (χ0v) is 17.3. The Balaban J connectivity index is 1.64. The fraction of sp³-hybridized carbons (Fsp3) is 0.381. The molecule has 1 fully saturated rings. The maximum absolute atomic E-state index is 12.8. The molecule has 1 saturated heterocycles. The van der Waals surface area contributed by atoms with E-state index in [2.05, 4.69) is 46.5 Å². The van der Waals surface area contributed by atoms with E-state index in [0.717, 1.165) is 46.7 Å². The van der Waals surface area contributed by atoms with Gasteiger partial charge in [0.1, 0.15) is 16.2 Å². The SMILES string of the molecule is Cc1ccc(-c2csc3ncnc(S[C@@H](C)C(=O)N4CCCCC4)c23)cc1. The molecular weight excluding hydrogens is 374 g/mol. The molecule has 1 aliphatic rings. The summed E-state index contributed by atoms with van der Waals surface area (Å²) in [6, 6.07) is 8.52. The zero-order valence-electron chi connectivity index (χ0n) is 15.6. The van der Waals surface area contributed by atoms with E-state index in [1.807, 2.05) is 11.8 Å². The summed E-state index contributed by atoms with van der Waals surface area (Å²) in [4.78, 5) is 24.8. The number of rotatable bonds is 4. The number of hydrogen-bond acceptors (Lipinski definition) is 5. The van der Waals surface area contributed by atoms with E-state index in [0.29, 0.717) is 0 Å². The van der Waals surface area contributed by atoms with Crippen molar-refractivity contribution in [3.63, 3.8) is 0 Å². The molecule has 1 amide bonds. The summed E-state index contributed by atoms with van der Waals surface area (Å²) in [5.41, 5.74) is 3.55. The Morgan fingerprint density at radius 1 is 1.15 bits per heavy atom. The number of hydrogen-bond donors (Lipinski definition) is 0. The molecule has 0 saturated carbocycles. The van der Waals surface area contributed by atoms with Gasteiger partial charge in [-0.15, -0.1) is 11.3 Å². The zero-order chi connectivity index (χ0) is 18.8. The van der Waals surface area contributed by atoms with Gasteiger partial charge < -0.3 is 4.90 Å². The molecule has 4 rings (SSSR count). The van der Waals surface area contributed by atoms with Crippen LogP contribution in [0.2, 0.25) is 0 Å². The van der Waals surface area contributed by atoms with Crippen molar-refractivity contribution in [1.82, 2.24) is 14.9 Å². The van der Waals surface area contributed by atoms with Crippen molar-refractivity contribution in [1.29, 1.82) is 0 Å². The number of aromatic nitrogens is 2. The van der Waals surface area contributed by atoms with E-state index in [1.54, 1.807) is 29.4 Å². The third kappa shape index (κ3) is 3.87. The highest BCUT2D eigenvalue weighted by molar-refractivity contribution is 8.00. The maximum Gasteiger partial charge on any atom is 0.235 e. The number of piperidine rings is 1. The van der Waals surface area contributed by atoms with Gasteiger partial charge in [0.05, 0.1) is 10.6 Å². The third-order valence-corrected chi connectivity index (χ3v) is 6.98. The average Bonchev–Trinajstić information content (AvgIpc) is 3.14. The normalized spacial score (nSPS) is 15.9. The Morgan fingerprint density at radius 3 is 2.63 bits per heavy atom. The maximum atomic E-state index is 12.8. The van der Waals surface area contributed by atoms with Crippen molar-refractivity contribution in [2.45, 2.75) is 43.4 Å². The fourth-order valence-electron chi connectivity index (χ4n) is 3.47. The van der Waals surface area contributed by atoms with Gasteiger partial charge in [0.2, 0.25) is 5.91 Å². The van der Waals surface area contributed by atoms with Crippen LogP contribution >= 0.6 is 23.1 Å². The molecule has 4 nitrogen and oxygen atoms in total. The number of carbonyl (C=O) groups is 1. The van der Waals surface area contributed by atoms with Crippen LogP contribution in [-0.4, -0.2) is 39.1 Å². The molecule has 1 aliphatic heterocycles. The molecule has 0 radical (unpaired) electrons. The standard InChI is InChI=1S/C21H23N3OS2/c1-14-6-8-16(9-7-14)17-12-26-19-18(17)20(23-13-22-19)27-15(2)21(25)24-10-4-3-5-11-24/h6-9,12-13,15H,3-5,10-11H2,1-2H3/t15-/m0/s1. The number of carbonyl (C=O) groups excluding carboxylic acids is 1. The van der Waals surface area contributed by atoms with Gasteiger partial charge in [0.15, 0.2) is 0 Å². The number of aryl methyl sites for hydroxylation is 1. The highest BCUT2D eigenvalue weighted by Crippen LogP contribution is 2.39. The van der Waals surface area contributed by atoms with E-state index in [4.69, 9.17) is 0 Å². The molecule has 3 aromatic rings. The number of likely N-dealkylation sites (tertiary alicyclic amines) is 1. The fourth-order valence-corrected chi connectivity index (χ4v) is 5.47. The molecule has 6 heteroatoms. The lowest BCUT2D eigenvalue weighted by Crippen LogP contribution is -2.40. The Kier molecular flexibility index (Phi) is 5.45. The second-order valence-electron chi connectivity index (χ2n) is 7.02. The highest BCUT2D eigenvalue weighted by Gasteiger charge is 2.25. The lowest BCUT2D eigenvalue weighted by molar-refractivity contribution is -0.131. The van der Waals surface area contributed by atoms with Gasteiger partial charge in [-0.3, -0.25) is 4.79 Å². The molecule has 0 aliphatic carbocycles. The summed E-state index contributed by atoms with van der Waals surface area (Å²) in [5, 5.41) is 3.96. The first-order chi connectivity index (χ1) is 13.1. The van der Waals surface area contributed by atoms with E-state index < -0.39 is 0 Å². The van der Waals surface area contributed by atoms with Crippen molar-refractivity contribution in [3.05, 3.63) is 41.5 Å². The van der Waals surface area contributed by atoms with Crippen molar-refractivity contribution in [2.75, 3.05) is 13.1 Å². The summed E-state index contributed by atoms with van der Waals surface area (Å²) in [6.45, 7) is 5.85. The van der Waals surface area contributed by atoms with Crippen LogP contribution in [0.1, 0.15) is 31.7 Å². The topological polar surface area (TPSA) is 46.1 Å². The van der Waals surface area contributed by atoms with Crippen molar-refractivity contribution in [2.24, 2.45) is 0 Å². The third-order valence-electron chi connectivity index (χ3n) is 5.00. The minimum atomic E-state index is -0.146. The van der Waals surface area contributed by atoms with Crippen LogP contribution < -0.4 is 0 Å². The van der Waals surface area contributed by atoms with Crippen molar-refractivity contribution in [3.8, 4) is 11.1 Å². The number of nitrogens with zero attached hydrogens (tertiary/aromatic N) is 3. The monoisotopic (exact) mass is 397 g/mol. The summed E-state index contributed by atoms with van der Waals surface area (Å²) in [5.74, 6) is 0.221. The molecule has 2 aromatic heterocycles. The summed E-state index contributed by atoms with van der Waals surface area (Å²) in [7, 11) is 0. The Morgan fingerprint density at radius 2 is 1.89 bits per heavy atom. The van der Waals surface area contributed by atoms with Crippen LogP contribution in [0, 0.1) is 6.92 Å². The highest BCUT2D eigenvalue weighted by atomic mass is 32.2. The van der Waals surface area contributed by atoms with Crippen molar-refractivity contribution < 1.29 is 4.79 Å². The Bertz CT molecular complexity index is 946. The summed E-state index contributed by atoms with van der Waals surface area (Å²) >= 11 is 3.19. The van der Waals surface area contributed by atoms with E-state index >= 15 is 0 Å². The molecule has 0 unspecified atom stereocenters. The van der Waals surface area contributed by atoms with E-state index in [-0.39, 0.29) is 11.2 Å². The van der Waals surface area contributed by atoms with Gasteiger partial charge in [0.25, 0.3) is 0 Å². The summed E-state index contributed by atoms with van der Waals surface area (Å²) in [6.07, 6.45) is 5.07. The van der Waals surface area contributed by atoms with Crippen LogP contribution in [0.15, 0.2) is 41.0 Å². The largest absolute Gasteiger partial charge is 0.342 e. The van der Waals surface area contributed by atoms with Gasteiger partial charge in [-0.1, -0.05) is 41.6 Å². The first-order valence-electron chi connectivity index (χ1n) is 9.38. The number of amides is 1. The molecule has 27 heavy (non-hydrogen) atoms. The summed E-state index contributed by atoms with van der Waals surface area (Å²) < 4.78 is 0. The number of thioether (sulfide) groups is 1. The predicted octanol–water partition coefficient (Wildman–Crippen LogP) is 5.16. The smallest absolute Gasteiger partial charge is 0.235 e. The van der Waals surface area contributed by atoms with Gasteiger partial charge in [-0.25, -0.2) is 9.97 Å². The number of thiophene rings is 1. The first kappa shape index (κ1) is 18.4. The molecule has 0 spiro atoms. The van der Waals surface area contributed by atoms with Crippen LogP contribution in [0.25, 0.3) is 21.3 Å². The van der Waals surface area contributed by atoms with Gasteiger partial charge in [-0.05, 0) is 38.7 Å². The second kappa shape index (κ2) is 7.98. The molecule has 0 N–H and O–H groups in total. The Hall–Kier alpha value is -1.92. The lowest BCUT2D eigenvalue weighted by atomic mass is 10.1. The molecule has 1 atom stereocenters. The minimum Gasteiger partial charge on any atom is -0.342 e. The van der Waals surface area contributed by atoms with Gasteiger partial charge in [-0.2, -0.15) is 0 Å². The second-order valence-corrected chi connectivity index (χ2v) is 9.21. The van der Waals surface area contributed by atoms with Crippen LogP contribution in [0.3, 0.4) is 0 Å². The number of fused-ring (bicyclic) bond motifs is 1. The average molecular weight is 398 g/mol. The minimum absolute atomic E-state index is 0.146. The van der Waals surface area contributed by atoms with Crippen LogP contribution in [-0.2, 0) is 4.79 Å². The van der Waals surface area contributed by atoms with Crippen LogP contribution in [0.5, 0.6) is 0 Å². The first-order valence-corrected chi connectivity index (χ1v) is 11.1. The van der Waals surface area contributed by atoms with Gasteiger partial charge in [0, 0.05) is 24.0 Å².